The van der Waals surface area contributed by atoms with Gasteiger partial charge in [-0.05, 0) is 13.2 Å². The molecule has 0 N–H and O–H groups in total. The highest BCUT2D eigenvalue weighted by Gasteiger charge is 2.15. The maximum absolute atomic E-state index is 11.3. The molecule has 0 aromatic carbocycles. The molecule has 0 amide bonds. The Morgan fingerprint density at radius 1 is 1.75 bits per heavy atom. The Balaban J connectivity index is 2.73. The second-order valence-corrected chi connectivity index (χ2v) is 5.50. The van der Waals surface area contributed by atoms with Crippen LogP contribution in [0, 0.1) is 0 Å². The Labute approximate surface area is 109 Å². The Morgan fingerprint density at radius 3 is 3.00 bits per heavy atom. The molecule has 0 radical (unpaired) electrons. The quantitative estimate of drug-likeness (QED) is 0.592. The van der Waals surface area contributed by atoms with Crippen LogP contribution in [0.15, 0.2) is 5.38 Å². The number of ketones is 1. The fourth-order valence-corrected chi connectivity index (χ4v) is 2.91. The van der Waals surface area contributed by atoms with E-state index in [4.69, 9.17) is 11.6 Å². The van der Waals surface area contributed by atoms with Crippen molar-refractivity contribution in [3.8, 4) is 0 Å². The highest BCUT2D eigenvalue weighted by molar-refractivity contribution is 7.98. The summed E-state index contributed by atoms with van der Waals surface area (Å²) in [6, 6.07) is 0.403. The van der Waals surface area contributed by atoms with Crippen LogP contribution < -0.4 is 4.90 Å². The molecule has 1 aromatic heterocycles. The first kappa shape index (κ1) is 13.8. The van der Waals surface area contributed by atoms with E-state index in [9.17, 15) is 4.79 Å². The molecule has 0 saturated carbocycles. The van der Waals surface area contributed by atoms with Crippen molar-refractivity contribution in [3.05, 3.63) is 11.1 Å². The molecule has 0 aliphatic heterocycles. The zero-order valence-electron chi connectivity index (χ0n) is 9.57. The van der Waals surface area contributed by atoms with Crippen LogP contribution in [0.2, 0.25) is 0 Å². The van der Waals surface area contributed by atoms with Gasteiger partial charge in [0.15, 0.2) is 10.9 Å². The van der Waals surface area contributed by atoms with Crippen LogP contribution in [-0.2, 0) is 0 Å². The summed E-state index contributed by atoms with van der Waals surface area (Å²) >= 11 is 8.76. The third kappa shape index (κ3) is 3.37. The monoisotopic (exact) mass is 278 g/mol. The van der Waals surface area contributed by atoms with E-state index in [0.717, 1.165) is 10.9 Å². The number of aromatic nitrogens is 1. The molecule has 16 heavy (non-hydrogen) atoms. The average Bonchev–Trinajstić information content (AvgIpc) is 2.76. The third-order valence-electron chi connectivity index (χ3n) is 2.27. The van der Waals surface area contributed by atoms with Crippen molar-refractivity contribution < 1.29 is 4.79 Å². The van der Waals surface area contributed by atoms with Gasteiger partial charge in [-0.2, -0.15) is 11.8 Å². The van der Waals surface area contributed by atoms with Gasteiger partial charge in [-0.3, -0.25) is 4.79 Å². The lowest BCUT2D eigenvalue weighted by atomic mass is 10.3. The van der Waals surface area contributed by atoms with Crippen molar-refractivity contribution >= 4 is 45.6 Å². The lowest BCUT2D eigenvalue weighted by Crippen LogP contribution is -2.30. The molecule has 1 atom stereocenters. The molecular weight excluding hydrogens is 264 g/mol. The fraction of sp³-hybridized carbons (Fsp3) is 0.600. The van der Waals surface area contributed by atoms with Crippen LogP contribution in [0.5, 0.6) is 0 Å². The molecule has 3 nitrogen and oxygen atoms in total. The molecule has 1 heterocycles. The summed E-state index contributed by atoms with van der Waals surface area (Å²) < 4.78 is 0. The van der Waals surface area contributed by atoms with Gasteiger partial charge < -0.3 is 4.90 Å². The molecule has 0 aliphatic carbocycles. The van der Waals surface area contributed by atoms with Gasteiger partial charge in [0, 0.05) is 24.2 Å². The number of thioether (sulfide) groups is 1. The normalized spacial score (nSPS) is 12.5. The molecule has 0 fully saturated rings. The summed E-state index contributed by atoms with van der Waals surface area (Å²) in [6.45, 7) is 2.14. The summed E-state index contributed by atoms with van der Waals surface area (Å²) in [5, 5.41) is 2.64. The van der Waals surface area contributed by atoms with Gasteiger partial charge in [-0.25, -0.2) is 4.98 Å². The van der Waals surface area contributed by atoms with E-state index in [-0.39, 0.29) is 11.7 Å². The van der Waals surface area contributed by atoms with Crippen LogP contribution in [0.3, 0.4) is 0 Å². The van der Waals surface area contributed by atoms with Gasteiger partial charge in [0.05, 0.1) is 5.88 Å². The lowest BCUT2D eigenvalue weighted by molar-refractivity contribution is 0.101. The van der Waals surface area contributed by atoms with Crippen molar-refractivity contribution in [1.82, 2.24) is 4.98 Å². The van der Waals surface area contributed by atoms with E-state index in [2.05, 4.69) is 23.1 Å². The number of carbonyl (C=O) groups is 1. The maximum Gasteiger partial charge on any atom is 0.196 e. The summed E-state index contributed by atoms with van der Waals surface area (Å²) in [4.78, 5) is 17.7. The summed E-state index contributed by atoms with van der Waals surface area (Å²) in [5.74, 6) is 0.914. The second kappa shape index (κ2) is 6.47. The molecule has 1 rings (SSSR count). The Bertz CT molecular complexity index is 356. The zero-order chi connectivity index (χ0) is 12.1. The molecule has 1 unspecified atom stereocenters. The SMILES string of the molecule is CSCC(C)N(C)c1nc(C(=O)CCl)cs1. The van der Waals surface area contributed by atoms with E-state index >= 15 is 0 Å². The van der Waals surface area contributed by atoms with Gasteiger partial charge in [-0.1, -0.05) is 0 Å². The Hall–Kier alpha value is -0.260. The van der Waals surface area contributed by atoms with Crippen molar-refractivity contribution in [3.63, 3.8) is 0 Å². The molecule has 0 bridgehead atoms. The number of Topliss-reactive ketones (excluding diaryl/α,β-unsaturated/α-hetero) is 1. The number of carbonyl (C=O) groups excluding carboxylic acids is 1. The highest BCUT2D eigenvalue weighted by atomic mass is 35.5. The van der Waals surface area contributed by atoms with Gasteiger partial charge in [0.25, 0.3) is 0 Å². The minimum absolute atomic E-state index is 0.00669. The Kier molecular flexibility index (Phi) is 5.58. The van der Waals surface area contributed by atoms with Crippen LogP contribution in [0.25, 0.3) is 0 Å². The summed E-state index contributed by atoms with van der Waals surface area (Å²) in [7, 11) is 1.99. The number of nitrogens with zero attached hydrogens (tertiary/aromatic N) is 2. The number of alkyl halides is 1. The fourth-order valence-electron chi connectivity index (χ4n) is 1.16. The minimum atomic E-state index is -0.116. The van der Waals surface area contributed by atoms with Crippen molar-refractivity contribution in [1.29, 1.82) is 0 Å². The largest absolute Gasteiger partial charge is 0.348 e. The third-order valence-corrected chi connectivity index (χ3v) is 4.26. The van der Waals surface area contributed by atoms with Crippen LogP contribution in [0.4, 0.5) is 5.13 Å². The first-order valence-corrected chi connectivity index (χ1v) is 7.67. The van der Waals surface area contributed by atoms with Gasteiger partial charge in [-0.15, -0.1) is 22.9 Å². The second-order valence-electron chi connectivity index (χ2n) is 3.49. The topological polar surface area (TPSA) is 33.2 Å². The number of halogens is 1. The first-order chi connectivity index (χ1) is 7.60. The van der Waals surface area contributed by atoms with E-state index in [0.29, 0.717) is 11.7 Å². The summed E-state index contributed by atoms with van der Waals surface area (Å²) in [6.07, 6.45) is 2.08. The predicted molar refractivity (Wildman–Crippen MR) is 73.4 cm³/mol. The minimum Gasteiger partial charge on any atom is -0.348 e. The molecule has 0 aliphatic rings. The van der Waals surface area contributed by atoms with Crippen molar-refractivity contribution in [2.75, 3.05) is 29.8 Å². The molecule has 0 spiro atoms. The van der Waals surface area contributed by atoms with Gasteiger partial charge >= 0.3 is 0 Å². The van der Waals surface area contributed by atoms with Crippen molar-refractivity contribution in [2.24, 2.45) is 0 Å². The van der Waals surface area contributed by atoms with Crippen LogP contribution in [-0.4, -0.2) is 41.7 Å². The number of anilines is 1. The van der Waals surface area contributed by atoms with E-state index in [1.54, 1.807) is 17.1 Å². The summed E-state index contributed by atoms with van der Waals surface area (Å²) in [5.41, 5.74) is 0.471. The zero-order valence-corrected chi connectivity index (χ0v) is 12.0. The average molecular weight is 279 g/mol. The molecule has 1 aromatic rings. The molecule has 90 valence electrons. The lowest BCUT2D eigenvalue weighted by Gasteiger charge is -2.23. The predicted octanol–water partition coefficient (Wildman–Crippen LogP) is 2.75. The highest BCUT2D eigenvalue weighted by Crippen LogP contribution is 2.22. The number of rotatable bonds is 6. The van der Waals surface area contributed by atoms with E-state index in [1.165, 1.54) is 11.3 Å². The van der Waals surface area contributed by atoms with Crippen LogP contribution >= 0.6 is 34.7 Å². The maximum atomic E-state index is 11.3. The first-order valence-electron chi connectivity index (χ1n) is 4.86. The van der Waals surface area contributed by atoms with E-state index < -0.39 is 0 Å². The van der Waals surface area contributed by atoms with Gasteiger partial charge in [0.1, 0.15) is 5.69 Å². The smallest absolute Gasteiger partial charge is 0.196 e. The molecule has 6 heteroatoms. The Morgan fingerprint density at radius 2 is 2.44 bits per heavy atom. The van der Waals surface area contributed by atoms with Crippen molar-refractivity contribution in [2.45, 2.75) is 13.0 Å². The molecule has 0 saturated heterocycles. The number of hydrogen-bond donors (Lipinski definition) is 0. The van der Waals surface area contributed by atoms with Crippen LogP contribution in [0.1, 0.15) is 17.4 Å². The van der Waals surface area contributed by atoms with Gasteiger partial charge in [0.2, 0.25) is 0 Å². The van der Waals surface area contributed by atoms with E-state index in [1.807, 2.05) is 7.05 Å². The number of thiazole rings is 1. The molecular formula is C10H15ClN2OS2. The standard InChI is InChI=1S/C10H15ClN2OS2/c1-7(5-15-3)13(2)10-12-8(6-16-10)9(14)4-11/h6-7H,4-5H2,1-3H3. The number of hydrogen-bond acceptors (Lipinski definition) is 5.